The Bertz CT molecular complexity index is 2020. The molecule has 4 heterocycles. The number of likely N-dealkylation sites (tertiary alicyclic amines) is 2. The second-order valence-electron chi connectivity index (χ2n) is 16.7. The Morgan fingerprint density at radius 3 is 1.61 bits per heavy atom. The van der Waals surface area contributed by atoms with Crippen molar-refractivity contribution in [3.63, 3.8) is 0 Å². The summed E-state index contributed by atoms with van der Waals surface area (Å²) < 4.78 is 0. The lowest BCUT2D eigenvalue weighted by Crippen LogP contribution is -2.41. The number of aromatic amines is 2. The molecule has 4 aromatic rings. The van der Waals surface area contributed by atoms with Crippen molar-refractivity contribution in [2.45, 2.75) is 122 Å². The molecule has 14 nitrogen and oxygen atoms in total. The second-order valence-corrected chi connectivity index (χ2v) is 16.7. The minimum atomic E-state index is -1.00. The number of aliphatic hydroxyl groups is 2. The highest BCUT2D eigenvalue weighted by molar-refractivity contribution is 5.83. The van der Waals surface area contributed by atoms with Crippen molar-refractivity contribution in [1.29, 1.82) is 0 Å². The van der Waals surface area contributed by atoms with Gasteiger partial charge in [0.05, 0.1) is 35.9 Å². The third-order valence-corrected chi connectivity index (χ3v) is 12.7. The van der Waals surface area contributed by atoms with Gasteiger partial charge in [0, 0.05) is 18.7 Å². The molecule has 4 aliphatic rings. The lowest BCUT2D eigenvalue weighted by Gasteiger charge is -2.28. The Morgan fingerprint density at radius 1 is 0.672 bits per heavy atom. The highest BCUT2D eigenvalue weighted by atomic mass is 16.3. The van der Waals surface area contributed by atoms with Gasteiger partial charge in [0.1, 0.15) is 37.4 Å². The van der Waals surface area contributed by atoms with Crippen molar-refractivity contribution in [3.05, 3.63) is 71.6 Å². The van der Waals surface area contributed by atoms with E-state index in [-0.39, 0.29) is 41.1 Å². The molecule has 3 fully saturated rings. The fourth-order valence-electron chi connectivity index (χ4n) is 9.71. The number of rotatable bonds is 9. The van der Waals surface area contributed by atoms with Gasteiger partial charge in [-0.2, -0.15) is 0 Å². The Kier molecular flexibility index (Phi) is 17.7. The van der Waals surface area contributed by atoms with Gasteiger partial charge in [-0.3, -0.25) is 9.59 Å². The van der Waals surface area contributed by atoms with E-state index in [1.54, 1.807) is 4.90 Å². The number of aromatic nitrogens is 4. The quantitative estimate of drug-likeness (QED) is 0.115. The standard InChI is InChI=1S/C43H54N6O4.2CH5N.2CH2O/c1-25(2)37(50)41(52)48-21-7-9-34(48)39-44-23-32(46-39)28-13-11-27(12-14-28)29-15-16-30(31-17-20-43(36(29)31)18-5-6-19-43)33-24-45-40(47-33)35-10-8-22-49(35)42(53)38(51)26(3)4;4*1-2/h11-16,23-26,34-35,37-38,50-51H,5-10,17-22H2,1-4H3,(H,44,46)(H,45,47);2*2H2,1H3;2*1H2. The first-order chi connectivity index (χ1) is 29.6. The van der Waals surface area contributed by atoms with E-state index in [1.807, 2.05) is 58.6 Å². The van der Waals surface area contributed by atoms with E-state index in [1.165, 1.54) is 67.6 Å². The number of hydrogen-bond donors (Lipinski definition) is 6. The van der Waals surface area contributed by atoms with Gasteiger partial charge in [-0.25, -0.2) is 9.97 Å². The average Bonchev–Trinajstić information content (AvgIpc) is 4.17. The van der Waals surface area contributed by atoms with Crippen LogP contribution in [0.1, 0.15) is 120 Å². The third kappa shape index (κ3) is 9.88. The summed E-state index contributed by atoms with van der Waals surface area (Å²) in [5.74, 6) is 0.877. The fraction of sp³-hybridized carbons (Fsp3) is 0.532. The van der Waals surface area contributed by atoms with Crippen LogP contribution in [0.3, 0.4) is 0 Å². The van der Waals surface area contributed by atoms with Crippen molar-refractivity contribution >= 4 is 25.4 Å². The maximum Gasteiger partial charge on any atom is 0.252 e. The highest BCUT2D eigenvalue weighted by Crippen LogP contribution is 2.55. The van der Waals surface area contributed by atoms with E-state index < -0.39 is 12.2 Å². The van der Waals surface area contributed by atoms with Gasteiger partial charge in [-0.05, 0) is 111 Å². The fourth-order valence-corrected chi connectivity index (χ4v) is 9.71. The van der Waals surface area contributed by atoms with Gasteiger partial charge >= 0.3 is 0 Å². The molecule has 1 spiro atoms. The van der Waals surface area contributed by atoms with Crippen molar-refractivity contribution in [2.24, 2.45) is 23.3 Å². The predicted octanol–water partition coefficient (Wildman–Crippen LogP) is 6.03. The number of hydrogen-bond acceptors (Lipinski definition) is 10. The lowest BCUT2D eigenvalue weighted by atomic mass is 9.76. The SMILES string of the molecule is C=O.C=O.CC(C)C(O)C(=O)N1CCCC1c1ncc(-c2ccc(-c3ccc(-c4cnc(C5CCCN5C(=O)C(O)C(C)C)[nH]4)c4c3C3(CCCC3)CC4)cc2)[nH]1.CN.CN. The molecule has 61 heavy (non-hydrogen) atoms. The van der Waals surface area contributed by atoms with Gasteiger partial charge in [0.15, 0.2) is 0 Å². The number of amides is 2. The lowest BCUT2D eigenvalue weighted by molar-refractivity contribution is -0.144. The summed E-state index contributed by atoms with van der Waals surface area (Å²) in [6.45, 7) is 12.8. The Morgan fingerprint density at radius 2 is 1.11 bits per heavy atom. The smallest absolute Gasteiger partial charge is 0.252 e. The largest absolute Gasteiger partial charge is 0.383 e. The molecule has 4 atom stereocenters. The molecule has 8 rings (SSSR count). The van der Waals surface area contributed by atoms with Crippen molar-refractivity contribution < 1.29 is 29.4 Å². The number of carbonyl (C=O) groups is 4. The second kappa shape index (κ2) is 22.2. The first kappa shape index (κ1) is 48.6. The van der Waals surface area contributed by atoms with Crippen molar-refractivity contribution in [2.75, 3.05) is 27.2 Å². The molecule has 2 amide bonds. The van der Waals surface area contributed by atoms with Gasteiger partial charge < -0.3 is 51.0 Å². The summed E-state index contributed by atoms with van der Waals surface area (Å²) in [7, 11) is 3.00. The van der Waals surface area contributed by atoms with E-state index in [4.69, 9.17) is 19.6 Å². The van der Waals surface area contributed by atoms with Gasteiger partial charge in [0.25, 0.3) is 11.8 Å². The maximum absolute atomic E-state index is 13.2. The molecule has 2 aliphatic heterocycles. The van der Waals surface area contributed by atoms with E-state index in [2.05, 4.69) is 57.8 Å². The number of nitrogens with two attached hydrogens (primary N) is 2. The first-order valence-electron chi connectivity index (χ1n) is 21.6. The first-order valence-corrected chi connectivity index (χ1v) is 21.6. The van der Waals surface area contributed by atoms with Crippen LogP contribution in [-0.2, 0) is 31.0 Å². The van der Waals surface area contributed by atoms with Crippen LogP contribution in [0, 0.1) is 11.8 Å². The molecule has 2 aromatic carbocycles. The molecule has 2 saturated heterocycles. The number of fused-ring (bicyclic) bond motifs is 2. The summed E-state index contributed by atoms with van der Waals surface area (Å²) in [6, 6.07) is 13.0. The van der Waals surface area contributed by atoms with Crippen LogP contribution >= 0.6 is 0 Å². The Labute approximate surface area is 360 Å². The van der Waals surface area contributed by atoms with Crippen LogP contribution < -0.4 is 11.5 Å². The Balaban J connectivity index is 0.000000969. The number of aliphatic hydroxyl groups excluding tert-OH is 2. The van der Waals surface area contributed by atoms with Crippen molar-refractivity contribution in [3.8, 4) is 33.6 Å². The summed E-state index contributed by atoms with van der Waals surface area (Å²) in [5.41, 5.74) is 18.8. The Hall–Kier alpha value is -5.02. The van der Waals surface area contributed by atoms with Crippen LogP contribution in [0.2, 0.25) is 0 Å². The average molecular weight is 841 g/mol. The van der Waals surface area contributed by atoms with E-state index >= 15 is 0 Å². The predicted molar refractivity (Wildman–Crippen MR) is 239 cm³/mol. The zero-order chi connectivity index (χ0) is 45.0. The summed E-state index contributed by atoms with van der Waals surface area (Å²) in [6.07, 6.45) is 12.4. The molecule has 0 bridgehead atoms. The molecule has 4 unspecified atom stereocenters. The van der Waals surface area contributed by atoms with Crippen LogP contribution in [-0.4, -0.2) is 105 Å². The molecule has 14 heteroatoms. The molecule has 8 N–H and O–H groups in total. The van der Waals surface area contributed by atoms with E-state index in [9.17, 15) is 19.8 Å². The van der Waals surface area contributed by atoms with E-state index in [0.717, 1.165) is 67.1 Å². The van der Waals surface area contributed by atoms with E-state index in [0.29, 0.717) is 13.1 Å². The number of carbonyl (C=O) groups excluding carboxylic acids is 4. The number of H-pyrrole nitrogens is 2. The number of benzene rings is 2. The highest BCUT2D eigenvalue weighted by Gasteiger charge is 2.44. The molecule has 332 valence electrons. The van der Waals surface area contributed by atoms with Gasteiger partial charge in [-0.1, -0.05) is 76.9 Å². The van der Waals surface area contributed by atoms with Crippen LogP contribution in [0.5, 0.6) is 0 Å². The molecular formula is C47H68N8O6. The molecule has 1 saturated carbocycles. The molecule has 2 aromatic heterocycles. The topological polar surface area (TPSA) is 225 Å². The third-order valence-electron chi connectivity index (χ3n) is 12.7. The number of nitrogens with one attached hydrogen (secondary N) is 2. The summed E-state index contributed by atoms with van der Waals surface area (Å²) in [5, 5.41) is 21.0. The molecule has 0 radical (unpaired) electrons. The molecular weight excluding hydrogens is 773 g/mol. The van der Waals surface area contributed by atoms with Crippen molar-refractivity contribution in [1.82, 2.24) is 29.7 Å². The summed E-state index contributed by atoms with van der Waals surface area (Å²) >= 11 is 0. The minimum absolute atomic E-state index is 0.133. The van der Waals surface area contributed by atoms with Crippen LogP contribution in [0.15, 0.2) is 48.8 Å². The normalized spacial score (nSPS) is 19.5. The number of nitrogens with zero attached hydrogens (tertiary/aromatic N) is 4. The monoisotopic (exact) mass is 841 g/mol. The maximum atomic E-state index is 13.2. The zero-order valence-corrected chi connectivity index (χ0v) is 37.0. The van der Waals surface area contributed by atoms with Crippen LogP contribution in [0.25, 0.3) is 33.6 Å². The van der Waals surface area contributed by atoms with Crippen LogP contribution in [0.4, 0.5) is 0 Å². The van der Waals surface area contributed by atoms with Gasteiger partial charge in [-0.15, -0.1) is 0 Å². The molecule has 2 aliphatic carbocycles. The summed E-state index contributed by atoms with van der Waals surface area (Å²) in [4.78, 5) is 62.5. The zero-order valence-electron chi connectivity index (χ0n) is 37.0. The van der Waals surface area contributed by atoms with Gasteiger partial charge in [0.2, 0.25) is 0 Å². The number of imidazole rings is 2. The minimum Gasteiger partial charge on any atom is -0.383 e.